The third-order valence-electron chi connectivity index (χ3n) is 4.48. The number of ether oxygens (including phenoxy) is 1. The number of para-hydroxylation sites is 3. The van der Waals surface area contributed by atoms with Crippen LogP contribution in [0.4, 0.5) is 11.4 Å². The SMILES string of the molecule is CC.COc1ccccc1NS(=O)(=O)c1cc(C(=O)Nc2ccccc2C)ccc1C. The minimum Gasteiger partial charge on any atom is -0.495 e. The smallest absolute Gasteiger partial charge is 0.262 e. The molecule has 0 saturated carbocycles. The van der Waals surface area contributed by atoms with E-state index in [1.807, 2.05) is 39.0 Å². The molecule has 0 aliphatic rings. The number of aryl methyl sites for hydroxylation is 2. The third-order valence-corrected chi connectivity index (χ3v) is 5.99. The molecule has 0 spiro atoms. The summed E-state index contributed by atoms with van der Waals surface area (Å²) in [4.78, 5) is 12.7. The van der Waals surface area contributed by atoms with Crippen LogP contribution in [0.15, 0.2) is 71.6 Å². The summed E-state index contributed by atoms with van der Waals surface area (Å²) in [5, 5.41) is 2.82. The number of hydrogen-bond acceptors (Lipinski definition) is 4. The first-order valence-electron chi connectivity index (χ1n) is 9.95. The molecular formula is C24H28N2O4S. The van der Waals surface area contributed by atoms with Gasteiger partial charge in [0, 0.05) is 11.3 Å². The predicted molar refractivity (Wildman–Crippen MR) is 125 cm³/mol. The molecule has 31 heavy (non-hydrogen) atoms. The Morgan fingerprint density at radius 2 is 1.45 bits per heavy atom. The van der Waals surface area contributed by atoms with Crippen molar-refractivity contribution < 1.29 is 17.9 Å². The van der Waals surface area contributed by atoms with Gasteiger partial charge in [0.05, 0.1) is 17.7 Å². The van der Waals surface area contributed by atoms with Crippen molar-refractivity contribution in [3.63, 3.8) is 0 Å². The van der Waals surface area contributed by atoms with E-state index in [0.29, 0.717) is 22.7 Å². The van der Waals surface area contributed by atoms with Crippen LogP contribution in [0, 0.1) is 13.8 Å². The van der Waals surface area contributed by atoms with E-state index < -0.39 is 10.0 Å². The first kappa shape index (κ1) is 24.0. The Labute approximate surface area is 184 Å². The summed E-state index contributed by atoms with van der Waals surface area (Å²) in [5.41, 5.74) is 2.69. The van der Waals surface area contributed by atoms with Crippen LogP contribution in [-0.4, -0.2) is 21.4 Å². The number of carbonyl (C=O) groups excluding carboxylic acids is 1. The van der Waals surface area contributed by atoms with Crippen molar-refractivity contribution in [2.24, 2.45) is 0 Å². The molecule has 0 bridgehead atoms. The molecule has 0 atom stereocenters. The van der Waals surface area contributed by atoms with Gasteiger partial charge in [-0.3, -0.25) is 9.52 Å². The van der Waals surface area contributed by atoms with E-state index in [0.717, 1.165) is 5.56 Å². The van der Waals surface area contributed by atoms with Gasteiger partial charge in [-0.2, -0.15) is 0 Å². The van der Waals surface area contributed by atoms with Crippen LogP contribution < -0.4 is 14.8 Å². The fraction of sp³-hybridized carbons (Fsp3) is 0.208. The second-order valence-electron chi connectivity index (χ2n) is 6.56. The number of methoxy groups -OCH3 is 1. The minimum absolute atomic E-state index is 0.0286. The average Bonchev–Trinajstić information content (AvgIpc) is 2.77. The Balaban J connectivity index is 0.00000166. The molecule has 6 nitrogen and oxygen atoms in total. The van der Waals surface area contributed by atoms with Gasteiger partial charge < -0.3 is 10.1 Å². The van der Waals surface area contributed by atoms with Gasteiger partial charge in [0.1, 0.15) is 5.75 Å². The molecule has 0 unspecified atom stereocenters. The van der Waals surface area contributed by atoms with Gasteiger partial charge in [0.25, 0.3) is 15.9 Å². The Morgan fingerprint density at radius 3 is 2.10 bits per heavy atom. The Morgan fingerprint density at radius 1 is 0.839 bits per heavy atom. The Bertz CT molecular complexity index is 1160. The van der Waals surface area contributed by atoms with Crippen molar-refractivity contribution in [1.29, 1.82) is 0 Å². The summed E-state index contributed by atoms with van der Waals surface area (Å²) in [7, 11) is -2.46. The van der Waals surface area contributed by atoms with Gasteiger partial charge in [-0.1, -0.05) is 50.2 Å². The molecule has 0 saturated heterocycles. The van der Waals surface area contributed by atoms with E-state index in [1.165, 1.54) is 13.2 Å². The molecule has 164 valence electrons. The molecule has 3 aromatic carbocycles. The lowest BCUT2D eigenvalue weighted by Gasteiger charge is -2.14. The molecular weight excluding hydrogens is 412 g/mol. The minimum atomic E-state index is -3.92. The quantitative estimate of drug-likeness (QED) is 0.538. The topological polar surface area (TPSA) is 84.5 Å². The van der Waals surface area contributed by atoms with Gasteiger partial charge >= 0.3 is 0 Å². The van der Waals surface area contributed by atoms with Crippen molar-refractivity contribution in [1.82, 2.24) is 0 Å². The molecule has 0 heterocycles. The van der Waals surface area contributed by atoms with Crippen LogP contribution in [0.2, 0.25) is 0 Å². The predicted octanol–water partition coefficient (Wildman–Crippen LogP) is 5.39. The average molecular weight is 441 g/mol. The first-order valence-corrected chi connectivity index (χ1v) is 11.4. The van der Waals surface area contributed by atoms with Crippen LogP contribution in [0.1, 0.15) is 35.3 Å². The monoisotopic (exact) mass is 440 g/mol. The van der Waals surface area contributed by atoms with E-state index in [9.17, 15) is 13.2 Å². The van der Waals surface area contributed by atoms with Crippen LogP contribution in [0.5, 0.6) is 5.75 Å². The largest absolute Gasteiger partial charge is 0.495 e. The zero-order valence-corrected chi connectivity index (χ0v) is 19.2. The summed E-state index contributed by atoms with van der Waals surface area (Å²) in [6, 6.07) is 18.7. The summed E-state index contributed by atoms with van der Waals surface area (Å²) in [5.74, 6) is 0.0234. The maximum atomic E-state index is 13.0. The molecule has 3 rings (SSSR count). The van der Waals surface area contributed by atoms with Crippen molar-refractivity contribution in [3.05, 3.63) is 83.4 Å². The van der Waals surface area contributed by atoms with E-state index >= 15 is 0 Å². The number of sulfonamides is 1. The number of rotatable bonds is 6. The molecule has 3 aromatic rings. The van der Waals surface area contributed by atoms with Crippen molar-refractivity contribution in [2.45, 2.75) is 32.6 Å². The highest BCUT2D eigenvalue weighted by atomic mass is 32.2. The number of benzene rings is 3. The Kier molecular flexibility index (Phi) is 8.22. The highest BCUT2D eigenvalue weighted by Crippen LogP contribution is 2.27. The highest BCUT2D eigenvalue weighted by molar-refractivity contribution is 7.92. The lowest BCUT2D eigenvalue weighted by molar-refractivity contribution is 0.102. The van der Waals surface area contributed by atoms with Crippen molar-refractivity contribution in [2.75, 3.05) is 17.1 Å². The van der Waals surface area contributed by atoms with Gasteiger partial charge in [-0.15, -0.1) is 0 Å². The van der Waals surface area contributed by atoms with E-state index in [-0.39, 0.29) is 16.4 Å². The summed E-state index contributed by atoms with van der Waals surface area (Å²) in [6.07, 6.45) is 0. The van der Waals surface area contributed by atoms with Crippen LogP contribution in [-0.2, 0) is 10.0 Å². The molecule has 0 aliphatic heterocycles. The first-order chi connectivity index (χ1) is 14.8. The highest BCUT2D eigenvalue weighted by Gasteiger charge is 2.21. The number of anilines is 2. The number of carbonyl (C=O) groups is 1. The molecule has 0 aromatic heterocycles. The van der Waals surface area contributed by atoms with Crippen molar-refractivity contribution in [3.8, 4) is 5.75 Å². The maximum absolute atomic E-state index is 13.0. The van der Waals surface area contributed by atoms with Crippen LogP contribution >= 0.6 is 0 Å². The second-order valence-corrected chi connectivity index (χ2v) is 8.21. The summed E-state index contributed by atoms with van der Waals surface area (Å²) >= 11 is 0. The maximum Gasteiger partial charge on any atom is 0.262 e. The molecule has 0 fully saturated rings. The van der Waals surface area contributed by atoms with E-state index in [1.54, 1.807) is 49.4 Å². The number of amides is 1. The van der Waals surface area contributed by atoms with Crippen LogP contribution in [0.3, 0.4) is 0 Å². The van der Waals surface area contributed by atoms with Crippen molar-refractivity contribution >= 4 is 27.3 Å². The third kappa shape index (κ3) is 5.86. The lowest BCUT2D eigenvalue weighted by atomic mass is 10.1. The van der Waals surface area contributed by atoms with Gasteiger partial charge in [-0.05, 0) is 55.3 Å². The molecule has 7 heteroatoms. The zero-order chi connectivity index (χ0) is 23.0. The molecule has 0 radical (unpaired) electrons. The zero-order valence-electron chi connectivity index (χ0n) is 18.4. The molecule has 1 amide bonds. The van der Waals surface area contributed by atoms with E-state index in [4.69, 9.17) is 4.74 Å². The van der Waals surface area contributed by atoms with Gasteiger partial charge in [0.2, 0.25) is 0 Å². The Hall–Kier alpha value is -3.32. The normalized spacial score (nSPS) is 10.5. The summed E-state index contributed by atoms with van der Waals surface area (Å²) in [6.45, 7) is 7.57. The second kappa shape index (κ2) is 10.6. The fourth-order valence-corrected chi connectivity index (χ4v) is 4.21. The number of hydrogen-bond donors (Lipinski definition) is 2. The summed E-state index contributed by atoms with van der Waals surface area (Å²) < 4.78 is 33.7. The van der Waals surface area contributed by atoms with Gasteiger partial charge in [0.15, 0.2) is 0 Å². The van der Waals surface area contributed by atoms with Gasteiger partial charge in [-0.25, -0.2) is 8.42 Å². The molecule has 0 aliphatic carbocycles. The molecule has 2 N–H and O–H groups in total. The van der Waals surface area contributed by atoms with E-state index in [2.05, 4.69) is 10.0 Å². The number of nitrogens with one attached hydrogen (secondary N) is 2. The standard InChI is InChI=1S/C22H22N2O4S.C2H6/c1-15-8-4-5-9-18(15)23-22(25)17-13-12-16(2)21(14-17)29(26,27)24-19-10-6-7-11-20(19)28-3;1-2/h4-14,24H,1-3H3,(H,23,25);1-2H3. The fourth-order valence-electron chi connectivity index (χ4n) is 2.87. The van der Waals surface area contributed by atoms with Crippen LogP contribution in [0.25, 0.3) is 0 Å². The lowest BCUT2D eigenvalue weighted by Crippen LogP contribution is -2.17.